The van der Waals surface area contributed by atoms with Crippen molar-refractivity contribution < 1.29 is 4.79 Å². The van der Waals surface area contributed by atoms with E-state index in [0.29, 0.717) is 25.3 Å². The van der Waals surface area contributed by atoms with E-state index in [1.165, 1.54) is 22.9 Å². The lowest BCUT2D eigenvalue weighted by molar-refractivity contribution is -0.118. The molecule has 0 bridgehead atoms. The first kappa shape index (κ1) is 22.2. The number of aromatic nitrogens is 4. The van der Waals surface area contributed by atoms with Gasteiger partial charge in [0.15, 0.2) is 5.16 Å². The fourth-order valence-corrected chi connectivity index (χ4v) is 4.85. The number of hydrogen-bond acceptors (Lipinski definition) is 6. The molecule has 0 saturated carbocycles. The maximum Gasteiger partial charge on any atom is 0.230 e. The Morgan fingerprint density at radius 2 is 1.84 bits per heavy atom. The van der Waals surface area contributed by atoms with Gasteiger partial charge in [-0.2, -0.15) is 0 Å². The number of amides is 1. The van der Waals surface area contributed by atoms with Crippen molar-refractivity contribution in [3.63, 3.8) is 0 Å². The largest absolute Gasteiger partial charge is 0.355 e. The highest BCUT2D eigenvalue weighted by atomic mass is 32.2. The molecule has 6 nitrogen and oxygen atoms in total. The molecule has 164 valence electrons. The Balaban J connectivity index is 1.25. The van der Waals surface area contributed by atoms with Crippen LogP contribution in [-0.4, -0.2) is 38.0 Å². The van der Waals surface area contributed by atoms with Crippen LogP contribution in [0.3, 0.4) is 0 Å². The number of rotatable bonds is 9. The van der Waals surface area contributed by atoms with Crippen molar-refractivity contribution in [2.24, 2.45) is 0 Å². The summed E-state index contributed by atoms with van der Waals surface area (Å²) in [4.78, 5) is 17.0. The summed E-state index contributed by atoms with van der Waals surface area (Å²) < 4.78 is 2.04. The van der Waals surface area contributed by atoms with Crippen LogP contribution in [0, 0.1) is 13.8 Å². The number of thiazole rings is 1. The van der Waals surface area contributed by atoms with Crippen LogP contribution in [0.25, 0.3) is 10.6 Å². The van der Waals surface area contributed by atoms with E-state index in [0.717, 1.165) is 27.2 Å². The summed E-state index contributed by atoms with van der Waals surface area (Å²) >= 11 is 3.04. The van der Waals surface area contributed by atoms with E-state index in [-0.39, 0.29) is 5.91 Å². The summed E-state index contributed by atoms with van der Waals surface area (Å²) in [5.41, 5.74) is 4.54. The van der Waals surface area contributed by atoms with Gasteiger partial charge in [-0.25, -0.2) is 4.98 Å². The minimum atomic E-state index is -0.0177. The average molecular weight is 464 g/mol. The van der Waals surface area contributed by atoms with Crippen molar-refractivity contribution in [3.8, 4) is 10.6 Å². The molecule has 2 aromatic heterocycles. The predicted molar refractivity (Wildman–Crippen MR) is 130 cm³/mol. The summed E-state index contributed by atoms with van der Waals surface area (Å²) in [6, 6.07) is 18.5. The average Bonchev–Trinajstić information content (AvgIpc) is 3.41. The molecule has 4 rings (SSSR count). The third kappa shape index (κ3) is 5.83. The zero-order valence-electron chi connectivity index (χ0n) is 18.1. The maximum absolute atomic E-state index is 12.3. The molecule has 0 spiro atoms. The Labute approximate surface area is 196 Å². The van der Waals surface area contributed by atoms with Gasteiger partial charge in [0.1, 0.15) is 10.8 Å². The Hall–Kier alpha value is -2.97. The molecule has 8 heteroatoms. The van der Waals surface area contributed by atoms with Gasteiger partial charge in [0.05, 0.1) is 18.0 Å². The monoisotopic (exact) mass is 463 g/mol. The SMILES string of the molecule is Cc1ccc(-c2nc(CCNC(=O)CSc3nnc(C)n3Cc3ccccc3)cs2)cc1. The smallest absolute Gasteiger partial charge is 0.230 e. The van der Waals surface area contributed by atoms with E-state index in [1.807, 2.05) is 29.7 Å². The van der Waals surface area contributed by atoms with Crippen molar-refractivity contribution in [3.05, 3.63) is 82.6 Å². The number of hydrogen-bond donors (Lipinski definition) is 1. The number of benzene rings is 2. The fourth-order valence-electron chi connectivity index (χ4n) is 3.18. The number of aryl methyl sites for hydroxylation is 2. The van der Waals surface area contributed by atoms with Gasteiger partial charge < -0.3 is 9.88 Å². The Morgan fingerprint density at radius 3 is 2.62 bits per heavy atom. The third-order valence-corrected chi connectivity index (χ3v) is 6.88. The molecule has 0 unspecified atom stereocenters. The van der Waals surface area contributed by atoms with Crippen LogP contribution in [0.4, 0.5) is 0 Å². The molecule has 2 heterocycles. The van der Waals surface area contributed by atoms with Gasteiger partial charge in [-0.3, -0.25) is 4.79 Å². The molecule has 0 aliphatic carbocycles. The third-order valence-electron chi connectivity index (χ3n) is 4.97. The van der Waals surface area contributed by atoms with Crippen molar-refractivity contribution in [2.75, 3.05) is 12.3 Å². The standard InChI is InChI=1S/C24H25N5OS2/c1-17-8-10-20(11-9-17)23-26-21(15-31-23)12-13-25-22(30)16-32-24-28-27-18(2)29(24)14-19-6-4-3-5-7-19/h3-11,15H,12-14,16H2,1-2H3,(H,25,30). The second-order valence-corrected chi connectivity index (χ2v) is 9.30. The summed E-state index contributed by atoms with van der Waals surface area (Å²) in [6.07, 6.45) is 0.710. The molecule has 1 N–H and O–H groups in total. The molecule has 4 aromatic rings. The molecule has 0 atom stereocenters. The normalized spacial score (nSPS) is 10.9. The highest BCUT2D eigenvalue weighted by Crippen LogP contribution is 2.24. The van der Waals surface area contributed by atoms with E-state index < -0.39 is 0 Å². The van der Waals surface area contributed by atoms with Gasteiger partial charge in [0.2, 0.25) is 5.91 Å². The molecular weight excluding hydrogens is 438 g/mol. The zero-order chi connectivity index (χ0) is 22.3. The van der Waals surface area contributed by atoms with E-state index in [9.17, 15) is 4.79 Å². The quantitative estimate of drug-likeness (QED) is 0.370. The molecule has 0 aliphatic heterocycles. The molecule has 2 aromatic carbocycles. The molecule has 0 aliphatic rings. The minimum Gasteiger partial charge on any atom is -0.355 e. The van der Waals surface area contributed by atoms with Crippen molar-refractivity contribution in [1.82, 2.24) is 25.1 Å². The van der Waals surface area contributed by atoms with Gasteiger partial charge in [-0.05, 0) is 19.4 Å². The second kappa shape index (κ2) is 10.6. The van der Waals surface area contributed by atoms with Crippen LogP contribution in [0.2, 0.25) is 0 Å². The van der Waals surface area contributed by atoms with Crippen LogP contribution >= 0.6 is 23.1 Å². The van der Waals surface area contributed by atoms with Gasteiger partial charge in [0, 0.05) is 23.9 Å². The van der Waals surface area contributed by atoms with Crippen molar-refractivity contribution >= 4 is 29.0 Å². The Kier molecular flexibility index (Phi) is 7.34. The molecule has 1 amide bonds. The van der Waals surface area contributed by atoms with E-state index in [4.69, 9.17) is 4.98 Å². The van der Waals surface area contributed by atoms with Crippen LogP contribution in [0.5, 0.6) is 0 Å². The molecule has 32 heavy (non-hydrogen) atoms. The first-order chi connectivity index (χ1) is 15.6. The lowest BCUT2D eigenvalue weighted by Gasteiger charge is -2.08. The van der Waals surface area contributed by atoms with Gasteiger partial charge in [-0.1, -0.05) is 71.9 Å². The van der Waals surface area contributed by atoms with Crippen molar-refractivity contribution in [2.45, 2.75) is 32.0 Å². The fraction of sp³-hybridized carbons (Fsp3) is 0.250. The predicted octanol–water partition coefficient (Wildman–Crippen LogP) is 4.52. The number of nitrogens with one attached hydrogen (secondary N) is 1. The van der Waals surface area contributed by atoms with Crippen molar-refractivity contribution in [1.29, 1.82) is 0 Å². The zero-order valence-corrected chi connectivity index (χ0v) is 19.7. The van der Waals surface area contributed by atoms with Gasteiger partial charge in [-0.15, -0.1) is 21.5 Å². The molecule has 0 radical (unpaired) electrons. The van der Waals surface area contributed by atoms with E-state index >= 15 is 0 Å². The molecular formula is C24H25N5OS2. The maximum atomic E-state index is 12.3. The Bertz CT molecular complexity index is 1170. The molecule has 0 fully saturated rings. The summed E-state index contributed by atoms with van der Waals surface area (Å²) in [7, 11) is 0. The topological polar surface area (TPSA) is 72.7 Å². The number of thioether (sulfide) groups is 1. The first-order valence-corrected chi connectivity index (χ1v) is 12.3. The summed E-state index contributed by atoms with van der Waals surface area (Å²) in [5, 5.41) is 15.2. The second-order valence-electron chi connectivity index (χ2n) is 7.50. The number of carbonyl (C=O) groups is 1. The highest BCUT2D eigenvalue weighted by Gasteiger charge is 2.12. The van der Waals surface area contributed by atoms with E-state index in [2.05, 4.69) is 64.2 Å². The minimum absolute atomic E-state index is 0.0177. The van der Waals surface area contributed by atoms with E-state index in [1.54, 1.807) is 11.3 Å². The number of carbonyl (C=O) groups excluding carboxylic acids is 1. The van der Waals surface area contributed by atoms with Gasteiger partial charge in [0.25, 0.3) is 0 Å². The molecule has 0 saturated heterocycles. The number of nitrogens with zero attached hydrogens (tertiary/aromatic N) is 4. The lowest BCUT2D eigenvalue weighted by Crippen LogP contribution is -2.27. The summed E-state index contributed by atoms with van der Waals surface area (Å²) in [6.45, 7) is 5.26. The van der Waals surface area contributed by atoms with Crippen LogP contribution in [0.1, 0.15) is 22.6 Å². The van der Waals surface area contributed by atoms with Gasteiger partial charge >= 0.3 is 0 Å². The summed E-state index contributed by atoms with van der Waals surface area (Å²) in [5.74, 6) is 1.12. The lowest BCUT2D eigenvalue weighted by atomic mass is 10.2. The highest BCUT2D eigenvalue weighted by molar-refractivity contribution is 7.99. The first-order valence-electron chi connectivity index (χ1n) is 10.4. The van der Waals surface area contributed by atoms with Crippen LogP contribution < -0.4 is 5.32 Å². The van der Waals surface area contributed by atoms with Crippen LogP contribution in [-0.2, 0) is 17.8 Å². The Morgan fingerprint density at radius 1 is 1.06 bits per heavy atom. The van der Waals surface area contributed by atoms with Crippen LogP contribution in [0.15, 0.2) is 65.1 Å².